The van der Waals surface area contributed by atoms with Gasteiger partial charge >= 0.3 is 0 Å². The summed E-state index contributed by atoms with van der Waals surface area (Å²) in [5.41, 5.74) is 0.0348. The van der Waals surface area contributed by atoms with Crippen LogP contribution in [-0.2, 0) is 19.2 Å². The zero-order valence-corrected chi connectivity index (χ0v) is 26.5. The molecule has 0 aromatic heterocycles. The van der Waals surface area contributed by atoms with Gasteiger partial charge in [0, 0.05) is 18.1 Å². The minimum atomic E-state index is -1.38. The van der Waals surface area contributed by atoms with E-state index in [-0.39, 0.29) is 53.0 Å². The highest BCUT2D eigenvalue weighted by atomic mass is 35.5. The standard InChI is InChI=1S/C35H29ClFN3O8/c1-3-48-28-14-17(4-13-27(28)41)30-21-10-11-22-29(33(44)38(31(22)42)18-5-7-19(8-6-18)40(46)47)23(21)16-24-32(43)39(34(45)35(24,30)2)20-9-12-26(37)25(36)15-20/h4-10,12-15,22-24,29-30,41H,3,11,16H2,1-2H3. The number of rotatable bonds is 6. The first-order chi connectivity index (χ1) is 22.9. The van der Waals surface area contributed by atoms with Gasteiger partial charge in [0.05, 0.1) is 51.1 Å². The summed E-state index contributed by atoms with van der Waals surface area (Å²) in [4.78, 5) is 69.5. The predicted octanol–water partition coefficient (Wildman–Crippen LogP) is 5.93. The van der Waals surface area contributed by atoms with E-state index in [1.165, 1.54) is 42.5 Å². The quantitative estimate of drug-likeness (QED) is 0.147. The maximum Gasteiger partial charge on any atom is 0.269 e. The van der Waals surface area contributed by atoms with E-state index in [0.717, 1.165) is 21.4 Å². The monoisotopic (exact) mass is 673 g/mol. The molecule has 48 heavy (non-hydrogen) atoms. The topological polar surface area (TPSA) is 147 Å². The molecule has 7 rings (SSSR count). The first-order valence-electron chi connectivity index (χ1n) is 15.5. The fourth-order valence-electron chi connectivity index (χ4n) is 8.22. The molecule has 6 unspecified atom stereocenters. The lowest BCUT2D eigenvalue weighted by Gasteiger charge is -2.49. The molecule has 2 aliphatic heterocycles. The van der Waals surface area contributed by atoms with Crippen LogP contribution in [0.4, 0.5) is 21.5 Å². The Hall–Kier alpha value is -5.10. The Labute approximate surface area is 278 Å². The summed E-state index contributed by atoms with van der Waals surface area (Å²) in [6, 6.07) is 13.5. The second-order valence-electron chi connectivity index (χ2n) is 12.7. The SMILES string of the molecule is CCOc1cc(C2C3=CCC4C(=O)N(c5ccc([N+](=O)[O-])cc5)C(=O)C4C3CC3C(=O)N(c4ccc(F)c(Cl)c4)C(=O)C32C)ccc1O. The molecule has 0 spiro atoms. The van der Waals surface area contributed by atoms with Gasteiger partial charge in [0.2, 0.25) is 23.6 Å². The number of fused-ring (bicyclic) bond motifs is 4. The molecule has 11 nitrogen and oxygen atoms in total. The van der Waals surface area contributed by atoms with Crippen molar-refractivity contribution in [2.75, 3.05) is 16.4 Å². The summed E-state index contributed by atoms with van der Waals surface area (Å²) >= 11 is 6.06. The number of imide groups is 2. The number of nitro groups is 1. The van der Waals surface area contributed by atoms with Gasteiger partial charge in [-0.05, 0) is 80.6 Å². The van der Waals surface area contributed by atoms with Crippen LogP contribution in [0.2, 0.25) is 5.02 Å². The number of carbonyl (C=O) groups excluding carboxylic acids is 4. The van der Waals surface area contributed by atoms with Gasteiger partial charge in [-0.25, -0.2) is 9.29 Å². The number of allylic oxidation sites excluding steroid dienone is 2. The summed E-state index contributed by atoms with van der Waals surface area (Å²) in [7, 11) is 0. The van der Waals surface area contributed by atoms with Crippen molar-refractivity contribution >= 4 is 52.3 Å². The highest BCUT2D eigenvalue weighted by molar-refractivity contribution is 6.32. The van der Waals surface area contributed by atoms with Gasteiger partial charge in [0.25, 0.3) is 5.69 Å². The summed E-state index contributed by atoms with van der Waals surface area (Å²) in [6.45, 7) is 3.71. The number of nitrogens with zero attached hydrogens (tertiary/aromatic N) is 3. The minimum absolute atomic E-state index is 0.0829. The van der Waals surface area contributed by atoms with Gasteiger partial charge in [0.15, 0.2) is 11.5 Å². The third-order valence-corrected chi connectivity index (χ3v) is 10.7. The molecular weight excluding hydrogens is 645 g/mol. The van der Waals surface area contributed by atoms with Gasteiger partial charge < -0.3 is 9.84 Å². The van der Waals surface area contributed by atoms with Crippen molar-refractivity contribution in [2.24, 2.45) is 29.1 Å². The molecule has 1 N–H and O–H groups in total. The number of amides is 4. The van der Waals surface area contributed by atoms with E-state index in [1.807, 2.05) is 6.08 Å². The zero-order chi connectivity index (χ0) is 34.2. The number of carbonyl (C=O) groups is 4. The number of ether oxygens (including phenoxy) is 1. The fourth-order valence-corrected chi connectivity index (χ4v) is 8.40. The highest BCUT2D eigenvalue weighted by Gasteiger charge is 2.67. The van der Waals surface area contributed by atoms with Crippen LogP contribution < -0.4 is 14.5 Å². The van der Waals surface area contributed by atoms with Crippen LogP contribution in [0.3, 0.4) is 0 Å². The molecule has 2 heterocycles. The maximum absolute atomic E-state index is 14.5. The van der Waals surface area contributed by atoms with E-state index in [1.54, 1.807) is 26.0 Å². The maximum atomic E-state index is 14.5. The van der Waals surface area contributed by atoms with E-state index in [4.69, 9.17) is 16.3 Å². The lowest BCUT2D eigenvalue weighted by Crippen LogP contribution is -2.48. The molecule has 3 aromatic rings. The summed E-state index contributed by atoms with van der Waals surface area (Å²) in [6.07, 6.45) is 2.15. The molecule has 1 saturated carbocycles. The average molecular weight is 674 g/mol. The summed E-state index contributed by atoms with van der Waals surface area (Å²) < 4.78 is 19.8. The number of phenolic OH excluding ortho intramolecular Hbond substituents is 1. The predicted molar refractivity (Wildman–Crippen MR) is 171 cm³/mol. The average Bonchev–Trinajstić information content (AvgIpc) is 3.43. The first kappa shape index (κ1) is 31.5. The van der Waals surface area contributed by atoms with Crippen LogP contribution in [0, 0.1) is 45.0 Å². The van der Waals surface area contributed by atoms with Crippen molar-refractivity contribution in [1.82, 2.24) is 0 Å². The molecule has 0 radical (unpaired) electrons. The van der Waals surface area contributed by atoms with Crippen LogP contribution >= 0.6 is 11.6 Å². The van der Waals surface area contributed by atoms with Gasteiger partial charge in [-0.1, -0.05) is 29.3 Å². The van der Waals surface area contributed by atoms with Gasteiger partial charge in [-0.3, -0.25) is 34.2 Å². The van der Waals surface area contributed by atoms with Crippen molar-refractivity contribution in [3.63, 3.8) is 0 Å². The zero-order valence-electron chi connectivity index (χ0n) is 25.8. The number of anilines is 2. The number of benzene rings is 3. The summed E-state index contributed by atoms with van der Waals surface area (Å²) in [5, 5.41) is 21.5. The molecule has 3 fully saturated rings. The number of hydrogen-bond donors (Lipinski definition) is 1. The van der Waals surface area contributed by atoms with E-state index in [0.29, 0.717) is 5.56 Å². The normalized spacial score (nSPS) is 27.8. The third kappa shape index (κ3) is 4.45. The van der Waals surface area contributed by atoms with Crippen molar-refractivity contribution in [3.8, 4) is 11.5 Å². The number of phenols is 1. The molecule has 4 aliphatic rings. The lowest BCUT2D eigenvalue weighted by atomic mass is 9.51. The van der Waals surface area contributed by atoms with E-state index >= 15 is 0 Å². The number of hydrogen-bond acceptors (Lipinski definition) is 8. The van der Waals surface area contributed by atoms with E-state index in [2.05, 4.69) is 0 Å². The lowest BCUT2D eigenvalue weighted by molar-refractivity contribution is -0.384. The Balaban J connectivity index is 1.35. The first-order valence-corrected chi connectivity index (χ1v) is 15.9. The van der Waals surface area contributed by atoms with Crippen molar-refractivity contribution in [3.05, 3.63) is 98.8 Å². The Morgan fingerprint density at radius 1 is 0.979 bits per heavy atom. The third-order valence-electron chi connectivity index (χ3n) is 10.4. The van der Waals surface area contributed by atoms with Crippen molar-refractivity contribution < 1.29 is 38.3 Å². The van der Waals surface area contributed by atoms with Crippen LogP contribution in [0.25, 0.3) is 0 Å². The fraction of sp³-hybridized carbons (Fsp3) is 0.314. The molecule has 2 saturated heterocycles. The number of halogens is 2. The minimum Gasteiger partial charge on any atom is -0.504 e. The Kier molecular flexibility index (Phi) is 7.39. The van der Waals surface area contributed by atoms with Crippen LogP contribution in [-0.4, -0.2) is 40.3 Å². The van der Waals surface area contributed by atoms with Gasteiger partial charge in [0.1, 0.15) is 5.82 Å². The Morgan fingerprint density at radius 2 is 1.69 bits per heavy atom. The largest absolute Gasteiger partial charge is 0.504 e. The molecule has 13 heteroatoms. The molecule has 246 valence electrons. The van der Waals surface area contributed by atoms with Crippen molar-refractivity contribution in [2.45, 2.75) is 32.6 Å². The Morgan fingerprint density at radius 3 is 2.35 bits per heavy atom. The molecule has 2 aliphatic carbocycles. The molecule has 6 atom stereocenters. The Bertz CT molecular complexity index is 1970. The highest BCUT2D eigenvalue weighted by Crippen LogP contribution is 2.64. The second-order valence-corrected chi connectivity index (χ2v) is 13.1. The van der Waals surface area contributed by atoms with Crippen LogP contribution in [0.15, 0.2) is 72.3 Å². The molecular formula is C35H29ClFN3O8. The van der Waals surface area contributed by atoms with Crippen molar-refractivity contribution in [1.29, 1.82) is 0 Å². The smallest absolute Gasteiger partial charge is 0.269 e. The molecule has 3 aromatic carbocycles. The van der Waals surface area contributed by atoms with E-state index < -0.39 is 69.4 Å². The van der Waals surface area contributed by atoms with Crippen LogP contribution in [0.1, 0.15) is 38.2 Å². The second kappa shape index (κ2) is 11.3. The molecule has 0 bridgehead atoms. The number of aromatic hydroxyl groups is 1. The van der Waals surface area contributed by atoms with E-state index in [9.17, 15) is 38.8 Å². The number of non-ortho nitro benzene ring substituents is 1. The summed E-state index contributed by atoms with van der Waals surface area (Å²) in [5.74, 6) is -6.58. The molecule has 4 amide bonds. The van der Waals surface area contributed by atoms with Crippen LogP contribution in [0.5, 0.6) is 11.5 Å². The van der Waals surface area contributed by atoms with Gasteiger partial charge in [-0.15, -0.1) is 0 Å². The van der Waals surface area contributed by atoms with Gasteiger partial charge in [-0.2, -0.15) is 0 Å². The number of nitro benzene ring substituents is 1.